The van der Waals surface area contributed by atoms with Crippen LogP contribution < -0.4 is 5.32 Å². The third-order valence-corrected chi connectivity index (χ3v) is 4.45. The molecule has 1 atom stereocenters. The molecule has 138 valence electrons. The van der Waals surface area contributed by atoms with Gasteiger partial charge in [0.2, 0.25) is 11.8 Å². The third kappa shape index (κ3) is 5.30. The molecule has 0 spiro atoms. The molecule has 0 fully saturated rings. The number of amides is 2. The van der Waals surface area contributed by atoms with E-state index < -0.39 is 6.04 Å². The third-order valence-electron chi connectivity index (χ3n) is 4.09. The quantitative estimate of drug-likeness (QED) is 0.803. The molecular formula is C20H22ClFN2O2. The van der Waals surface area contributed by atoms with Crippen molar-refractivity contribution in [1.29, 1.82) is 0 Å². The Morgan fingerprint density at radius 1 is 1.15 bits per heavy atom. The number of likely N-dealkylation sites (N-methyl/N-ethyl adjacent to an activating group) is 1. The van der Waals surface area contributed by atoms with Gasteiger partial charge in [0.15, 0.2) is 0 Å². The first-order valence-electron chi connectivity index (χ1n) is 8.47. The van der Waals surface area contributed by atoms with Crippen molar-refractivity contribution in [1.82, 2.24) is 10.2 Å². The standard InChI is InChI=1S/C20H22ClFN2O2/c1-3-23-20(26)14(2)24(13-16-6-4-5-7-18(16)21)19(25)12-15-8-10-17(22)11-9-15/h4-11,14H,3,12-13H2,1-2H3,(H,23,26)/t14-/m1/s1. The highest BCUT2D eigenvalue weighted by atomic mass is 35.5. The van der Waals surface area contributed by atoms with Crippen LogP contribution in [-0.4, -0.2) is 29.3 Å². The first-order valence-corrected chi connectivity index (χ1v) is 8.85. The number of hydrogen-bond acceptors (Lipinski definition) is 2. The largest absolute Gasteiger partial charge is 0.355 e. The number of halogens is 2. The predicted molar refractivity (Wildman–Crippen MR) is 100 cm³/mol. The van der Waals surface area contributed by atoms with Crippen molar-refractivity contribution in [2.75, 3.05) is 6.54 Å². The van der Waals surface area contributed by atoms with Crippen molar-refractivity contribution in [3.05, 3.63) is 70.5 Å². The summed E-state index contributed by atoms with van der Waals surface area (Å²) in [5.41, 5.74) is 1.45. The molecule has 2 aromatic rings. The summed E-state index contributed by atoms with van der Waals surface area (Å²) in [4.78, 5) is 26.6. The minimum atomic E-state index is -0.654. The van der Waals surface area contributed by atoms with Gasteiger partial charge in [-0.1, -0.05) is 41.9 Å². The summed E-state index contributed by atoms with van der Waals surface area (Å²) < 4.78 is 13.1. The zero-order chi connectivity index (χ0) is 19.1. The zero-order valence-electron chi connectivity index (χ0n) is 14.8. The Bertz CT molecular complexity index is 765. The Labute approximate surface area is 158 Å². The molecule has 0 unspecified atom stereocenters. The zero-order valence-corrected chi connectivity index (χ0v) is 15.6. The minimum Gasteiger partial charge on any atom is -0.355 e. The molecule has 26 heavy (non-hydrogen) atoms. The number of carbonyl (C=O) groups is 2. The van der Waals surface area contributed by atoms with Crippen molar-refractivity contribution in [3.8, 4) is 0 Å². The first-order chi connectivity index (χ1) is 12.4. The second-order valence-electron chi connectivity index (χ2n) is 5.99. The van der Waals surface area contributed by atoms with Crippen LogP contribution in [0.5, 0.6) is 0 Å². The van der Waals surface area contributed by atoms with E-state index in [0.29, 0.717) is 17.1 Å². The van der Waals surface area contributed by atoms with E-state index >= 15 is 0 Å². The Hall–Kier alpha value is -2.40. The molecule has 0 aliphatic rings. The molecule has 2 rings (SSSR count). The van der Waals surface area contributed by atoms with Crippen LogP contribution in [0.25, 0.3) is 0 Å². The fraction of sp³-hybridized carbons (Fsp3) is 0.300. The van der Waals surface area contributed by atoms with E-state index in [-0.39, 0.29) is 30.6 Å². The van der Waals surface area contributed by atoms with Crippen LogP contribution in [-0.2, 0) is 22.6 Å². The lowest BCUT2D eigenvalue weighted by atomic mass is 10.1. The maximum Gasteiger partial charge on any atom is 0.242 e. The van der Waals surface area contributed by atoms with Crippen LogP contribution in [0.15, 0.2) is 48.5 Å². The molecule has 1 N–H and O–H groups in total. The van der Waals surface area contributed by atoms with Gasteiger partial charge in [-0.25, -0.2) is 4.39 Å². The highest BCUT2D eigenvalue weighted by molar-refractivity contribution is 6.31. The lowest BCUT2D eigenvalue weighted by molar-refractivity contribution is -0.140. The van der Waals surface area contributed by atoms with Crippen molar-refractivity contribution in [2.24, 2.45) is 0 Å². The summed E-state index contributed by atoms with van der Waals surface area (Å²) in [5, 5.41) is 3.27. The van der Waals surface area contributed by atoms with Gasteiger partial charge in [0.05, 0.1) is 6.42 Å². The number of nitrogens with zero attached hydrogens (tertiary/aromatic N) is 1. The van der Waals surface area contributed by atoms with Crippen molar-refractivity contribution in [2.45, 2.75) is 32.9 Å². The number of carbonyl (C=O) groups excluding carboxylic acids is 2. The van der Waals surface area contributed by atoms with Crippen LogP contribution in [0, 0.1) is 5.82 Å². The van der Waals surface area contributed by atoms with Gasteiger partial charge in [-0.3, -0.25) is 9.59 Å². The van der Waals surface area contributed by atoms with Crippen molar-refractivity contribution < 1.29 is 14.0 Å². The maximum atomic E-state index is 13.1. The molecule has 2 amide bonds. The average molecular weight is 377 g/mol. The van der Waals surface area contributed by atoms with Gasteiger partial charge in [-0.05, 0) is 43.2 Å². The van der Waals surface area contributed by atoms with Crippen LogP contribution in [0.3, 0.4) is 0 Å². The number of benzene rings is 2. The predicted octanol–water partition coefficient (Wildman–Crippen LogP) is 3.58. The van der Waals surface area contributed by atoms with Gasteiger partial charge in [-0.15, -0.1) is 0 Å². The van der Waals surface area contributed by atoms with E-state index in [1.165, 1.54) is 17.0 Å². The Balaban J connectivity index is 2.23. The lowest BCUT2D eigenvalue weighted by Gasteiger charge is -2.29. The summed E-state index contributed by atoms with van der Waals surface area (Å²) in [5.74, 6) is -0.813. The fourth-order valence-electron chi connectivity index (χ4n) is 2.59. The normalized spacial score (nSPS) is 11.7. The fourth-order valence-corrected chi connectivity index (χ4v) is 2.79. The molecule has 4 nitrogen and oxygen atoms in total. The van der Waals surface area contributed by atoms with Crippen LogP contribution in [0.4, 0.5) is 4.39 Å². The molecule has 0 aromatic heterocycles. The molecular weight excluding hydrogens is 355 g/mol. The molecule has 0 heterocycles. The Kier molecular flexibility index (Phi) is 7.16. The molecule has 0 aliphatic heterocycles. The minimum absolute atomic E-state index is 0.0779. The summed E-state index contributed by atoms with van der Waals surface area (Å²) in [6, 6.07) is 12.3. The Morgan fingerprint density at radius 3 is 2.42 bits per heavy atom. The number of nitrogens with one attached hydrogen (secondary N) is 1. The summed E-state index contributed by atoms with van der Waals surface area (Å²) >= 11 is 6.22. The highest BCUT2D eigenvalue weighted by Gasteiger charge is 2.26. The monoisotopic (exact) mass is 376 g/mol. The molecule has 2 aromatic carbocycles. The summed E-state index contributed by atoms with van der Waals surface area (Å²) in [6.45, 7) is 4.21. The van der Waals surface area contributed by atoms with Crippen LogP contribution in [0.1, 0.15) is 25.0 Å². The van der Waals surface area contributed by atoms with Gasteiger partial charge < -0.3 is 10.2 Å². The molecule has 0 aliphatic carbocycles. The van der Waals surface area contributed by atoms with E-state index in [0.717, 1.165) is 5.56 Å². The first kappa shape index (κ1) is 19.9. The van der Waals surface area contributed by atoms with Gasteiger partial charge in [-0.2, -0.15) is 0 Å². The van der Waals surface area contributed by atoms with Crippen LogP contribution >= 0.6 is 11.6 Å². The van der Waals surface area contributed by atoms with E-state index in [1.807, 2.05) is 25.1 Å². The van der Waals surface area contributed by atoms with E-state index in [4.69, 9.17) is 11.6 Å². The van der Waals surface area contributed by atoms with Crippen molar-refractivity contribution >= 4 is 23.4 Å². The average Bonchev–Trinajstić information content (AvgIpc) is 2.62. The molecule has 0 radical (unpaired) electrons. The summed E-state index contributed by atoms with van der Waals surface area (Å²) in [6.07, 6.45) is 0.0779. The van der Waals surface area contributed by atoms with Crippen molar-refractivity contribution in [3.63, 3.8) is 0 Å². The highest BCUT2D eigenvalue weighted by Crippen LogP contribution is 2.19. The van der Waals surface area contributed by atoms with Gasteiger partial charge in [0.25, 0.3) is 0 Å². The summed E-state index contributed by atoms with van der Waals surface area (Å²) in [7, 11) is 0. The lowest BCUT2D eigenvalue weighted by Crippen LogP contribution is -2.48. The van der Waals surface area contributed by atoms with E-state index in [9.17, 15) is 14.0 Å². The second kappa shape index (κ2) is 9.34. The molecule has 6 heteroatoms. The second-order valence-corrected chi connectivity index (χ2v) is 6.39. The molecule has 0 bridgehead atoms. The van der Waals surface area contributed by atoms with Gasteiger partial charge in [0.1, 0.15) is 11.9 Å². The van der Waals surface area contributed by atoms with Crippen LogP contribution in [0.2, 0.25) is 5.02 Å². The maximum absolute atomic E-state index is 13.1. The molecule has 0 saturated heterocycles. The topological polar surface area (TPSA) is 49.4 Å². The van der Waals surface area contributed by atoms with Gasteiger partial charge in [0, 0.05) is 18.1 Å². The van der Waals surface area contributed by atoms with E-state index in [1.54, 1.807) is 25.1 Å². The SMILES string of the molecule is CCNC(=O)[C@@H](C)N(Cc1ccccc1Cl)C(=O)Cc1ccc(F)cc1. The number of rotatable bonds is 7. The van der Waals surface area contributed by atoms with Gasteiger partial charge >= 0.3 is 0 Å². The molecule has 0 saturated carbocycles. The smallest absolute Gasteiger partial charge is 0.242 e. The number of hydrogen-bond donors (Lipinski definition) is 1. The Morgan fingerprint density at radius 2 is 1.81 bits per heavy atom. The van der Waals surface area contributed by atoms with E-state index in [2.05, 4.69) is 5.32 Å².